The highest BCUT2D eigenvalue weighted by Crippen LogP contribution is 2.00. The molecule has 0 aromatic carbocycles. The fraction of sp³-hybridized carbons (Fsp3) is 0.833. The summed E-state index contributed by atoms with van der Waals surface area (Å²) in [6.07, 6.45) is -2.00. The number of rotatable bonds is 4. The van der Waals surface area contributed by atoms with Crippen LogP contribution in [0.4, 0.5) is 0 Å². The fourth-order valence-corrected chi connectivity index (χ4v) is 0.600. The minimum Gasteiger partial charge on any atom is -0.393 e. The van der Waals surface area contributed by atoms with E-state index in [1.165, 1.54) is 6.92 Å². The van der Waals surface area contributed by atoms with E-state index in [2.05, 4.69) is 0 Å². The van der Waals surface area contributed by atoms with Crippen molar-refractivity contribution in [2.24, 2.45) is 0 Å². The lowest BCUT2D eigenvalue weighted by molar-refractivity contribution is 0.0246. The molecule has 0 fully saturated rings. The molecule has 4 N–H and O–H groups in total. The molecule has 0 radical (unpaired) electrons. The third kappa shape index (κ3) is 3.55. The van der Waals surface area contributed by atoms with E-state index in [4.69, 9.17) is 20.7 Å². The van der Waals surface area contributed by atoms with E-state index in [1.807, 2.05) is 0 Å². The number of aliphatic hydroxyl groups excluding tert-OH is 3. The molecule has 0 saturated carbocycles. The van der Waals surface area contributed by atoms with E-state index in [0.717, 1.165) is 6.21 Å². The molecule has 0 aliphatic rings. The third-order valence-corrected chi connectivity index (χ3v) is 1.15. The molecule has 0 spiro atoms. The Bertz CT molecular complexity index is 105. The van der Waals surface area contributed by atoms with E-state index >= 15 is 0 Å². The molecule has 0 aromatic heterocycles. The van der Waals surface area contributed by atoms with Crippen molar-refractivity contribution < 1.29 is 15.3 Å². The molecule has 10 heavy (non-hydrogen) atoms. The second kappa shape index (κ2) is 4.38. The van der Waals surface area contributed by atoms with Gasteiger partial charge in [0.2, 0.25) is 0 Å². The molecule has 0 aliphatic carbocycles. The summed E-state index contributed by atoms with van der Waals surface area (Å²) in [4.78, 5) is 0. The van der Waals surface area contributed by atoms with Gasteiger partial charge in [-0.1, -0.05) is 0 Å². The number of hydrogen-bond donors (Lipinski definition) is 4. The minimum absolute atomic E-state index is 0.0938. The number of aliphatic hydroxyl groups is 3. The lowest BCUT2D eigenvalue weighted by Gasteiger charge is -2.14. The Kier molecular flexibility index (Phi) is 4.18. The molecular formula is C6H13NO3. The lowest BCUT2D eigenvalue weighted by atomic mass is 10.1. The van der Waals surface area contributed by atoms with Gasteiger partial charge in [0.1, 0.15) is 6.10 Å². The molecule has 4 heteroatoms. The monoisotopic (exact) mass is 147 g/mol. The quantitative estimate of drug-likeness (QED) is 0.390. The van der Waals surface area contributed by atoms with Crippen LogP contribution in [0.1, 0.15) is 13.3 Å². The summed E-state index contributed by atoms with van der Waals surface area (Å²) in [5, 5.41) is 33.0. The largest absolute Gasteiger partial charge is 0.393 e. The van der Waals surface area contributed by atoms with Crippen molar-refractivity contribution in [3.05, 3.63) is 0 Å². The van der Waals surface area contributed by atoms with Gasteiger partial charge < -0.3 is 20.7 Å². The maximum Gasteiger partial charge on any atom is 0.114 e. The van der Waals surface area contributed by atoms with Crippen LogP contribution in [0.15, 0.2) is 0 Å². The first kappa shape index (κ1) is 9.55. The molecule has 0 rings (SSSR count). The molecule has 0 saturated heterocycles. The fourth-order valence-electron chi connectivity index (χ4n) is 0.600. The Balaban J connectivity index is 3.60. The SMILES string of the molecule is C[C@@H](O)C[C@H](O)[C@H](O)C=N. The molecule has 0 bridgehead atoms. The normalized spacial score (nSPS) is 19.6. The summed E-state index contributed by atoms with van der Waals surface area (Å²) in [6, 6.07) is 0. The molecule has 60 valence electrons. The topological polar surface area (TPSA) is 84.5 Å². The van der Waals surface area contributed by atoms with E-state index in [9.17, 15) is 0 Å². The zero-order valence-electron chi connectivity index (χ0n) is 5.86. The first-order valence-electron chi connectivity index (χ1n) is 3.12. The van der Waals surface area contributed by atoms with Crippen LogP contribution >= 0.6 is 0 Å². The zero-order valence-corrected chi connectivity index (χ0v) is 5.86. The van der Waals surface area contributed by atoms with Crippen LogP contribution < -0.4 is 0 Å². The van der Waals surface area contributed by atoms with E-state index in [-0.39, 0.29) is 6.42 Å². The molecule has 4 nitrogen and oxygen atoms in total. The number of nitrogens with one attached hydrogen (secondary N) is 1. The zero-order chi connectivity index (χ0) is 8.15. The predicted molar refractivity (Wildman–Crippen MR) is 37.1 cm³/mol. The molecule has 3 atom stereocenters. The smallest absolute Gasteiger partial charge is 0.114 e. The summed E-state index contributed by atoms with van der Waals surface area (Å²) in [6.45, 7) is 1.51. The van der Waals surface area contributed by atoms with Gasteiger partial charge in [0, 0.05) is 12.6 Å². The van der Waals surface area contributed by atoms with Crippen molar-refractivity contribution in [3.63, 3.8) is 0 Å². The van der Waals surface area contributed by atoms with Gasteiger partial charge in [0.15, 0.2) is 0 Å². The van der Waals surface area contributed by atoms with Crippen molar-refractivity contribution >= 4 is 6.21 Å². The van der Waals surface area contributed by atoms with Gasteiger partial charge in [-0.3, -0.25) is 0 Å². The van der Waals surface area contributed by atoms with Gasteiger partial charge in [-0.15, -0.1) is 0 Å². The Hall–Kier alpha value is -0.450. The van der Waals surface area contributed by atoms with Crippen molar-refractivity contribution in [1.82, 2.24) is 0 Å². The average Bonchev–Trinajstić information content (AvgIpc) is 1.85. The van der Waals surface area contributed by atoms with Gasteiger partial charge in [0.05, 0.1) is 12.2 Å². The first-order chi connectivity index (χ1) is 4.57. The Morgan fingerprint density at radius 2 is 1.90 bits per heavy atom. The second-order valence-electron chi connectivity index (χ2n) is 2.31. The summed E-state index contributed by atoms with van der Waals surface area (Å²) >= 11 is 0. The van der Waals surface area contributed by atoms with Crippen LogP contribution in [0, 0.1) is 5.41 Å². The highest BCUT2D eigenvalue weighted by Gasteiger charge is 2.14. The van der Waals surface area contributed by atoms with Gasteiger partial charge in [-0.2, -0.15) is 0 Å². The highest BCUT2D eigenvalue weighted by atomic mass is 16.3. The van der Waals surface area contributed by atoms with Crippen LogP contribution in [-0.4, -0.2) is 39.8 Å². The second-order valence-corrected chi connectivity index (χ2v) is 2.31. The van der Waals surface area contributed by atoms with Crippen molar-refractivity contribution in [3.8, 4) is 0 Å². The van der Waals surface area contributed by atoms with E-state index < -0.39 is 18.3 Å². The van der Waals surface area contributed by atoms with Gasteiger partial charge >= 0.3 is 0 Å². The van der Waals surface area contributed by atoms with Crippen molar-refractivity contribution in [2.45, 2.75) is 31.7 Å². The van der Waals surface area contributed by atoms with Crippen molar-refractivity contribution in [2.75, 3.05) is 0 Å². The predicted octanol–water partition coefficient (Wildman–Crippen LogP) is -0.871. The van der Waals surface area contributed by atoms with E-state index in [1.54, 1.807) is 0 Å². The Morgan fingerprint density at radius 1 is 1.40 bits per heavy atom. The molecular weight excluding hydrogens is 134 g/mol. The average molecular weight is 147 g/mol. The maximum absolute atomic E-state index is 8.93. The van der Waals surface area contributed by atoms with Gasteiger partial charge in [0.25, 0.3) is 0 Å². The maximum atomic E-state index is 8.93. The Labute approximate surface area is 59.6 Å². The molecule has 0 amide bonds. The molecule has 0 aromatic rings. The first-order valence-corrected chi connectivity index (χ1v) is 3.12. The van der Waals surface area contributed by atoms with Crippen LogP contribution in [-0.2, 0) is 0 Å². The highest BCUT2D eigenvalue weighted by molar-refractivity contribution is 5.59. The third-order valence-electron chi connectivity index (χ3n) is 1.15. The standard InChI is InChI=1S/C6H13NO3/c1-4(8)2-5(9)6(10)3-7/h3-10H,2H2,1H3/t4-,5+,6-/m1/s1. The number of hydrogen-bond acceptors (Lipinski definition) is 4. The summed E-state index contributed by atoms with van der Waals surface area (Å²) in [7, 11) is 0. The molecule has 0 aliphatic heterocycles. The lowest BCUT2D eigenvalue weighted by Crippen LogP contribution is -2.29. The summed E-state index contributed by atoms with van der Waals surface area (Å²) in [5.74, 6) is 0. The van der Waals surface area contributed by atoms with Crippen LogP contribution in [0.25, 0.3) is 0 Å². The summed E-state index contributed by atoms with van der Waals surface area (Å²) in [5.41, 5.74) is 0. The summed E-state index contributed by atoms with van der Waals surface area (Å²) < 4.78 is 0. The van der Waals surface area contributed by atoms with Crippen LogP contribution in [0.3, 0.4) is 0 Å². The van der Waals surface area contributed by atoms with Crippen LogP contribution in [0.5, 0.6) is 0 Å². The van der Waals surface area contributed by atoms with Crippen LogP contribution in [0.2, 0.25) is 0 Å². The molecule has 0 unspecified atom stereocenters. The van der Waals surface area contributed by atoms with Crippen molar-refractivity contribution in [1.29, 1.82) is 5.41 Å². The van der Waals surface area contributed by atoms with E-state index in [0.29, 0.717) is 0 Å². The molecule has 0 heterocycles. The minimum atomic E-state index is -1.16. The van der Waals surface area contributed by atoms with Gasteiger partial charge in [-0.25, -0.2) is 0 Å². The Morgan fingerprint density at radius 3 is 2.20 bits per heavy atom. The van der Waals surface area contributed by atoms with Gasteiger partial charge in [-0.05, 0) is 6.92 Å².